The molecule has 2 aromatic rings. The summed E-state index contributed by atoms with van der Waals surface area (Å²) in [6.07, 6.45) is 1.08. The number of rotatable bonds is 4. The number of hydrogen-bond acceptors (Lipinski definition) is 6. The molecule has 1 amide bonds. The molecule has 0 aliphatic heterocycles. The van der Waals surface area contributed by atoms with E-state index in [-0.39, 0.29) is 0 Å². The lowest BCUT2D eigenvalue weighted by Gasteiger charge is -2.10. The van der Waals surface area contributed by atoms with Gasteiger partial charge in [0.1, 0.15) is 0 Å². The Morgan fingerprint density at radius 3 is 2.81 bits per heavy atom. The SMILES string of the molecule is Cc1noc2nc(C3CC3)cc(C(=O)O[C@@H](C)C(N)=O)c12. The Morgan fingerprint density at radius 1 is 1.48 bits per heavy atom. The average molecular weight is 289 g/mol. The van der Waals surface area contributed by atoms with Crippen molar-refractivity contribution >= 4 is 23.0 Å². The first kappa shape index (κ1) is 13.5. The molecule has 7 nitrogen and oxygen atoms in total. The van der Waals surface area contributed by atoms with Crippen LogP contribution in [0.25, 0.3) is 11.1 Å². The van der Waals surface area contributed by atoms with Gasteiger partial charge in [0.05, 0.1) is 16.6 Å². The molecule has 1 saturated carbocycles. The minimum Gasteiger partial charge on any atom is -0.449 e. The number of aromatic nitrogens is 2. The first-order valence-electron chi connectivity index (χ1n) is 6.74. The molecule has 1 aliphatic carbocycles. The molecule has 0 bridgehead atoms. The molecule has 2 heterocycles. The van der Waals surface area contributed by atoms with Gasteiger partial charge in [-0.15, -0.1) is 0 Å². The van der Waals surface area contributed by atoms with Gasteiger partial charge >= 0.3 is 5.97 Å². The molecule has 2 N–H and O–H groups in total. The van der Waals surface area contributed by atoms with Crippen LogP contribution in [0.2, 0.25) is 0 Å². The van der Waals surface area contributed by atoms with Gasteiger partial charge in [-0.2, -0.15) is 0 Å². The molecule has 0 aromatic carbocycles. The zero-order chi connectivity index (χ0) is 15.1. The number of nitrogens with two attached hydrogens (primary N) is 1. The summed E-state index contributed by atoms with van der Waals surface area (Å²) in [5.74, 6) is -0.972. The van der Waals surface area contributed by atoms with Crippen LogP contribution in [-0.4, -0.2) is 28.1 Å². The number of aryl methyl sites for hydroxylation is 1. The number of fused-ring (bicyclic) bond motifs is 1. The van der Waals surface area contributed by atoms with Crippen LogP contribution < -0.4 is 5.73 Å². The highest BCUT2D eigenvalue weighted by molar-refractivity contribution is 6.04. The number of hydrogen-bond donors (Lipinski definition) is 1. The van der Waals surface area contributed by atoms with E-state index in [9.17, 15) is 9.59 Å². The Kier molecular flexibility index (Phi) is 3.12. The molecule has 110 valence electrons. The molecule has 0 spiro atoms. The number of primary amides is 1. The van der Waals surface area contributed by atoms with Crippen LogP contribution in [0.4, 0.5) is 0 Å². The number of pyridine rings is 1. The van der Waals surface area contributed by atoms with E-state index in [2.05, 4.69) is 10.1 Å². The highest BCUT2D eigenvalue weighted by Crippen LogP contribution is 2.40. The van der Waals surface area contributed by atoms with E-state index in [0.29, 0.717) is 28.3 Å². The molecule has 3 rings (SSSR count). The predicted molar refractivity (Wildman–Crippen MR) is 72.6 cm³/mol. The maximum absolute atomic E-state index is 12.3. The summed E-state index contributed by atoms with van der Waals surface area (Å²) in [7, 11) is 0. The molecule has 0 unspecified atom stereocenters. The highest BCUT2D eigenvalue weighted by atomic mass is 16.5. The normalized spacial score (nSPS) is 15.9. The minimum absolute atomic E-state index is 0.314. The van der Waals surface area contributed by atoms with Crippen LogP contribution in [0.1, 0.15) is 47.4 Å². The van der Waals surface area contributed by atoms with Gasteiger partial charge in [-0.1, -0.05) is 5.16 Å². The Bertz CT molecular complexity index is 733. The first-order chi connectivity index (χ1) is 9.97. The number of carbonyl (C=O) groups is 2. The van der Waals surface area contributed by atoms with Crippen LogP contribution in [0.5, 0.6) is 0 Å². The molecule has 0 saturated heterocycles. The maximum atomic E-state index is 12.3. The van der Waals surface area contributed by atoms with Crippen molar-refractivity contribution in [1.82, 2.24) is 10.1 Å². The third-order valence-electron chi connectivity index (χ3n) is 3.54. The summed E-state index contributed by atoms with van der Waals surface area (Å²) in [5.41, 5.74) is 7.09. The van der Waals surface area contributed by atoms with Crippen LogP contribution in [0.3, 0.4) is 0 Å². The lowest BCUT2D eigenvalue weighted by Crippen LogP contribution is -2.30. The van der Waals surface area contributed by atoms with Crippen molar-refractivity contribution in [2.45, 2.75) is 38.7 Å². The second-order valence-electron chi connectivity index (χ2n) is 5.27. The molecule has 21 heavy (non-hydrogen) atoms. The van der Waals surface area contributed by atoms with Crippen LogP contribution in [-0.2, 0) is 9.53 Å². The summed E-state index contributed by atoms with van der Waals surface area (Å²) in [6, 6.07) is 1.69. The van der Waals surface area contributed by atoms with Gasteiger partial charge in [-0.25, -0.2) is 9.78 Å². The van der Waals surface area contributed by atoms with Crippen molar-refractivity contribution < 1.29 is 18.8 Å². The molecular weight excluding hydrogens is 274 g/mol. The van der Waals surface area contributed by atoms with E-state index in [1.807, 2.05) is 0 Å². The second-order valence-corrected chi connectivity index (χ2v) is 5.27. The number of carbonyl (C=O) groups excluding carboxylic acids is 2. The Hall–Kier alpha value is -2.44. The van der Waals surface area contributed by atoms with Crippen LogP contribution in [0, 0.1) is 6.92 Å². The average Bonchev–Trinajstić information content (AvgIpc) is 3.22. The standard InChI is InChI=1S/C14H15N3O4/c1-6-11-9(14(19)20-7(2)12(15)18)5-10(8-3-4-8)16-13(11)21-17-6/h5,7-8H,3-4H2,1-2H3,(H2,15,18)/t7-/m0/s1. The third-order valence-corrected chi connectivity index (χ3v) is 3.54. The zero-order valence-corrected chi connectivity index (χ0v) is 11.8. The van der Waals surface area contributed by atoms with Crippen molar-refractivity contribution in [3.05, 3.63) is 23.0 Å². The van der Waals surface area contributed by atoms with E-state index >= 15 is 0 Å². The first-order valence-corrected chi connectivity index (χ1v) is 6.74. The fraction of sp³-hybridized carbons (Fsp3) is 0.429. The van der Waals surface area contributed by atoms with Gasteiger partial charge in [-0.3, -0.25) is 4.79 Å². The maximum Gasteiger partial charge on any atom is 0.339 e. The number of ether oxygens (including phenoxy) is 1. The Labute approximate surface area is 120 Å². The van der Waals surface area contributed by atoms with E-state index in [0.717, 1.165) is 18.5 Å². The van der Waals surface area contributed by atoms with Crippen molar-refractivity contribution in [2.24, 2.45) is 5.73 Å². The molecule has 1 aliphatic rings. The number of amides is 1. The van der Waals surface area contributed by atoms with Gasteiger partial charge in [-0.05, 0) is 32.8 Å². The largest absolute Gasteiger partial charge is 0.449 e. The predicted octanol–water partition coefficient (Wildman–Crippen LogP) is 1.44. The van der Waals surface area contributed by atoms with Crippen LogP contribution in [0.15, 0.2) is 10.6 Å². The molecule has 2 aromatic heterocycles. The van der Waals surface area contributed by atoms with E-state index < -0.39 is 18.0 Å². The number of esters is 1. The van der Waals surface area contributed by atoms with Gasteiger partial charge in [0.2, 0.25) is 0 Å². The minimum atomic E-state index is -0.995. The third kappa shape index (κ3) is 2.46. The van der Waals surface area contributed by atoms with Gasteiger partial charge in [0.15, 0.2) is 6.10 Å². The van der Waals surface area contributed by atoms with E-state index in [1.54, 1.807) is 13.0 Å². The van der Waals surface area contributed by atoms with Crippen molar-refractivity contribution in [3.63, 3.8) is 0 Å². The fourth-order valence-electron chi connectivity index (χ4n) is 2.15. The zero-order valence-electron chi connectivity index (χ0n) is 11.8. The monoisotopic (exact) mass is 289 g/mol. The lowest BCUT2D eigenvalue weighted by atomic mass is 10.1. The summed E-state index contributed by atoms with van der Waals surface area (Å²) in [6.45, 7) is 3.15. The smallest absolute Gasteiger partial charge is 0.339 e. The van der Waals surface area contributed by atoms with Crippen LogP contribution >= 0.6 is 0 Å². The summed E-state index contributed by atoms with van der Waals surface area (Å²) in [5, 5.41) is 4.35. The quantitative estimate of drug-likeness (QED) is 0.853. The van der Waals surface area contributed by atoms with E-state index in [4.69, 9.17) is 15.0 Å². The summed E-state index contributed by atoms with van der Waals surface area (Å²) >= 11 is 0. The van der Waals surface area contributed by atoms with E-state index in [1.165, 1.54) is 6.92 Å². The molecular formula is C14H15N3O4. The number of nitrogens with zero attached hydrogens (tertiary/aromatic N) is 2. The van der Waals surface area contributed by atoms with Crippen molar-refractivity contribution in [2.75, 3.05) is 0 Å². The summed E-state index contributed by atoms with van der Waals surface area (Å²) < 4.78 is 10.2. The van der Waals surface area contributed by atoms with Gasteiger partial charge in [0.25, 0.3) is 11.6 Å². The topological polar surface area (TPSA) is 108 Å². The lowest BCUT2D eigenvalue weighted by molar-refractivity contribution is -0.125. The molecule has 7 heteroatoms. The molecule has 0 radical (unpaired) electrons. The molecule has 1 fully saturated rings. The second kappa shape index (κ2) is 4.83. The van der Waals surface area contributed by atoms with Crippen molar-refractivity contribution in [1.29, 1.82) is 0 Å². The Balaban J connectivity index is 2.04. The van der Waals surface area contributed by atoms with Gasteiger partial charge in [0, 0.05) is 11.6 Å². The molecule has 1 atom stereocenters. The highest BCUT2D eigenvalue weighted by Gasteiger charge is 2.29. The fourth-order valence-corrected chi connectivity index (χ4v) is 2.15. The van der Waals surface area contributed by atoms with Crippen molar-refractivity contribution in [3.8, 4) is 0 Å². The Morgan fingerprint density at radius 2 is 2.19 bits per heavy atom. The van der Waals surface area contributed by atoms with Gasteiger partial charge < -0.3 is 15.0 Å². The summed E-state index contributed by atoms with van der Waals surface area (Å²) in [4.78, 5) is 27.7.